The fraction of sp³-hybridized carbons (Fsp3) is 0.448. The van der Waals surface area contributed by atoms with E-state index in [-0.39, 0.29) is 28.5 Å². The number of phenolic OH excluding ortho intramolecular Hbond substituents is 1. The minimum Gasteiger partial charge on any atom is -0.507 e. The largest absolute Gasteiger partial charge is 0.507 e. The highest BCUT2D eigenvalue weighted by atomic mass is 79.9. The van der Waals surface area contributed by atoms with E-state index in [9.17, 15) is 14.3 Å². The van der Waals surface area contributed by atoms with Crippen molar-refractivity contribution in [2.45, 2.75) is 71.1 Å². The Morgan fingerprint density at radius 3 is 2.22 bits per heavy atom. The highest BCUT2D eigenvalue weighted by molar-refractivity contribution is 9.10. The number of aromatic hydroxyl groups is 1. The minimum atomic E-state index is -0.466. The number of hydrogen-bond donors (Lipinski definition) is 2. The molecule has 2 N–H and O–H groups in total. The van der Waals surface area contributed by atoms with Crippen LogP contribution in [0.2, 0.25) is 0 Å². The monoisotopic (exact) mass is 587 g/mol. The van der Waals surface area contributed by atoms with E-state index in [1.807, 2.05) is 0 Å². The second-order valence-corrected chi connectivity index (χ2v) is 13.6. The lowest BCUT2D eigenvalue weighted by Gasteiger charge is -2.31. The predicted octanol–water partition coefficient (Wildman–Crippen LogP) is 8.42. The molecule has 0 saturated carbocycles. The van der Waals surface area contributed by atoms with E-state index in [2.05, 4.69) is 80.3 Å². The number of amides is 2. The minimum absolute atomic E-state index is 0.179. The van der Waals surface area contributed by atoms with Crippen molar-refractivity contribution >= 4 is 39.0 Å². The van der Waals surface area contributed by atoms with Gasteiger partial charge in [0.05, 0.1) is 16.4 Å². The molecule has 2 aromatic carbocycles. The number of nitrogens with zero attached hydrogens (tertiary/aromatic N) is 2. The highest BCUT2D eigenvalue weighted by Crippen LogP contribution is 2.42. The Hall–Kier alpha value is -2.45. The van der Waals surface area contributed by atoms with E-state index >= 15 is 0 Å². The molecular weight excluding hydrogens is 553 g/mol. The van der Waals surface area contributed by atoms with Crippen LogP contribution in [-0.4, -0.2) is 34.1 Å². The van der Waals surface area contributed by atoms with Crippen LogP contribution in [0.3, 0.4) is 0 Å². The van der Waals surface area contributed by atoms with E-state index in [4.69, 9.17) is 4.98 Å². The fourth-order valence-electron chi connectivity index (χ4n) is 4.65. The summed E-state index contributed by atoms with van der Waals surface area (Å²) in [6.45, 7) is 13.8. The average molecular weight is 589 g/mol. The normalized spacial score (nSPS) is 15.2. The summed E-state index contributed by atoms with van der Waals surface area (Å²) in [4.78, 5) is 19.4. The summed E-state index contributed by atoms with van der Waals surface area (Å²) in [5.41, 5.74) is 3.55. The van der Waals surface area contributed by atoms with Crippen molar-refractivity contribution in [3.63, 3.8) is 0 Å². The lowest BCUT2D eigenvalue weighted by molar-refractivity contribution is 0.194. The Labute approximate surface area is 231 Å². The van der Waals surface area contributed by atoms with Crippen molar-refractivity contribution < 1.29 is 14.3 Å². The SMILES string of the molecule is CC(C)(C)c1cc(-c2csc(C3CCN(C(=O)Nc4ccc(Br)cc4F)CC3)n2)cc(C(C)(C)C)c1O. The first-order valence-electron chi connectivity index (χ1n) is 12.6. The number of aromatic nitrogens is 1. The van der Waals surface area contributed by atoms with Crippen molar-refractivity contribution in [1.29, 1.82) is 0 Å². The van der Waals surface area contributed by atoms with Gasteiger partial charge in [-0.2, -0.15) is 0 Å². The number of rotatable bonds is 3. The van der Waals surface area contributed by atoms with Crippen molar-refractivity contribution in [2.24, 2.45) is 0 Å². The zero-order valence-electron chi connectivity index (χ0n) is 22.3. The molecule has 3 aromatic rings. The molecule has 0 aliphatic carbocycles. The van der Waals surface area contributed by atoms with Gasteiger partial charge >= 0.3 is 6.03 Å². The molecule has 0 spiro atoms. The number of benzene rings is 2. The summed E-state index contributed by atoms with van der Waals surface area (Å²) in [5, 5.41) is 16.9. The number of halogens is 2. The Balaban J connectivity index is 1.48. The number of urea groups is 1. The summed E-state index contributed by atoms with van der Waals surface area (Å²) >= 11 is 4.88. The van der Waals surface area contributed by atoms with E-state index < -0.39 is 5.82 Å². The first-order valence-corrected chi connectivity index (χ1v) is 14.3. The van der Waals surface area contributed by atoms with Gasteiger partial charge in [0.2, 0.25) is 0 Å². The van der Waals surface area contributed by atoms with Gasteiger partial charge in [-0.15, -0.1) is 11.3 Å². The second kappa shape index (κ2) is 10.4. The highest BCUT2D eigenvalue weighted by Gasteiger charge is 2.29. The van der Waals surface area contributed by atoms with Crippen molar-refractivity contribution in [3.05, 3.63) is 62.1 Å². The van der Waals surface area contributed by atoms with E-state index in [0.717, 1.165) is 40.2 Å². The van der Waals surface area contributed by atoms with Crippen LogP contribution in [0.5, 0.6) is 5.75 Å². The van der Waals surface area contributed by atoms with Gasteiger partial charge in [-0.05, 0) is 54.0 Å². The molecular formula is C29H35BrFN3O2S. The molecule has 198 valence electrons. The lowest BCUT2D eigenvalue weighted by atomic mass is 9.78. The Kier molecular flexibility index (Phi) is 7.73. The predicted molar refractivity (Wildman–Crippen MR) is 153 cm³/mol. The molecule has 5 nitrogen and oxygen atoms in total. The van der Waals surface area contributed by atoms with Crippen molar-refractivity contribution in [2.75, 3.05) is 18.4 Å². The number of nitrogens with one attached hydrogen (secondary N) is 1. The summed E-state index contributed by atoms with van der Waals surface area (Å²) in [6.07, 6.45) is 1.61. The van der Waals surface area contributed by atoms with Crippen LogP contribution in [0.15, 0.2) is 40.2 Å². The standard InChI is InChI=1S/C29H35BrFN3O2S/c1-28(2,3)20-13-18(14-21(25(20)35)29(4,5)6)24-16-37-26(32-24)17-9-11-34(12-10-17)27(36)33-23-8-7-19(30)15-22(23)31/h7-8,13-17,35H,9-12H2,1-6H3,(H,33,36). The van der Waals surface area contributed by atoms with Crippen molar-refractivity contribution in [3.8, 4) is 17.0 Å². The quantitative estimate of drug-likeness (QED) is 0.323. The average Bonchev–Trinajstić information content (AvgIpc) is 3.30. The smallest absolute Gasteiger partial charge is 0.321 e. The van der Waals surface area contributed by atoms with Crippen molar-refractivity contribution in [1.82, 2.24) is 9.88 Å². The molecule has 1 saturated heterocycles. The van der Waals surface area contributed by atoms with Gasteiger partial charge in [-0.3, -0.25) is 0 Å². The van der Waals surface area contributed by atoms with Crippen LogP contribution in [0, 0.1) is 5.82 Å². The molecule has 1 aliphatic rings. The summed E-state index contributed by atoms with van der Waals surface area (Å²) < 4.78 is 14.7. The Morgan fingerprint density at radius 1 is 1.08 bits per heavy atom. The van der Waals surface area contributed by atoms with Gasteiger partial charge in [-0.1, -0.05) is 57.5 Å². The van der Waals surface area contributed by atoms with Gasteiger partial charge in [0.15, 0.2) is 0 Å². The van der Waals surface area contributed by atoms with Crippen LogP contribution in [0.4, 0.5) is 14.9 Å². The summed E-state index contributed by atoms with van der Waals surface area (Å²) in [6, 6.07) is 8.45. The third kappa shape index (κ3) is 6.17. The molecule has 1 fully saturated rings. The number of piperidine rings is 1. The zero-order chi connectivity index (χ0) is 27.1. The van der Waals surface area contributed by atoms with E-state index in [1.165, 1.54) is 6.07 Å². The van der Waals surface area contributed by atoms with Gasteiger partial charge in [-0.25, -0.2) is 14.2 Å². The van der Waals surface area contributed by atoms with E-state index in [0.29, 0.717) is 23.3 Å². The topological polar surface area (TPSA) is 65.5 Å². The maximum absolute atomic E-state index is 14.1. The maximum atomic E-state index is 14.1. The van der Waals surface area contributed by atoms with Crippen LogP contribution in [-0.2, 0) is 10.8 Å². The first kappa shape index (κ1) is 27.6. The molecule has 37 heavy (non-hydrogen) atoms. The third-order valence-electron chi connectivity index (χ3n) is 6.85. The number of carbonyl (C=O) groups is 1. The molecule has 2 heterocycles. The molecule has 0 bridgehead atoms. The molecule has 2 amide bonds. The number of likely N-dealkylation sites (tertiary alicyclic amines) is 1. The number of thiazole rings is 1. The van der Waals surface area contributed by atoms with Crippen LogP contribution in [0.25, 0.3) is 11.3 Å². The fourth-order valence-corrected chi connectivity index (χ4v) is 5.98. The molecule has 0 unspecified atom stereocenters. The second-order valence-electron chi connectivity index (χ2n) is 11.8. The van der Waals surface area contributed by atoms with Gasteiger partial charge in [0.1, 0.15) is 11.6 Å². The lowest BCUT2D eigenvalue weighted by Crippen LogP contribution is -2.40. The Morgan fingerprint density at radius 2 is 1.68 bits per heavy atom. The maximum Gasteiger partial charge on any atom is 0.321 e. The molecule has 0 atom stereocenters. The van der Waals surface area contributed by atoms with Crippen LogP contribution < -0.4 is 5.32 Å². The summed E-state index contributed by atoms with van der Waals surface area (Å²) in [5.74, 6) is 0.174. The molecule has 1 aromatic heterocycles. The van der Waals surface area contributed by atoms with Gasteiger partial charge in [0.25, 0.3) is 0 Å². The molecule has 1 aliphatic heterocycles. The van der Waals surface area contributed by atoms with Gasteiger partial charge in [0, 0.05) is 45.6 Å². The first-order chi connectivity index (χ1) is 17.2. The number of anilines is 1. The van der Waals surface area contributed by atoms with Gasteiger partial charge < -0.3 is 15.3 Å². The molecule has 8 heteroatoms. The number of phenols is 1. The molecule has 0 radical (unpaired) electrons. The zero-order valence-corrected chi connectivity index (χ0v) is 24.7. The molecule has 4 rings (SSSR count). The summed E-state index contributed by atoms with van der Waals surface area (Å²) in [7, 11) is 0. The van der Waals surface area contributed by atoms with Crippen LogP contribution >= 0.6 is 27.3 Å². The Bertz CT molecular complexity index is 1270. The van der Waals surface area contributed by atoms with E-state index in [1.54, 1.807) is 28.4 Å². The number of carbonyl (C=O) groups excluding carboxylic acids is 1. The third-order valence-corrected chi connectivity index (χ3v) is 8.35. The number of hydrogen-bond acceptors (Lipinski definition) is 4. The van der Waals surface area contributed by atoms with Crippen LogP contribution in [0.1, 0.15) is 76.4 Å².